The Hall–Kier alpha value is -1.09. The van der Waals surface area contributed by atoms with Crippen LogP contribution in [0.15, 0.2) is 18.2 Å². The van der Waals surface area contributed by atoms with Crippen molar-refractivity contribution < 1.29 is 9.18 Å². The van der Waals surface area contributed by atoms with E-state index in [1.165, 1.54) is 12.1 Å². The van der Waals surface area contributed by atoms with Crippen LogP contribution in [0.1, 0.15) is 13.3 Å². The van der Waals surface area contributed by atoms with Gasteiger partial charge in [-0.05, 0) is 18.2 Å². The summed E-state index contributed by atoms with van der Waals surface area (Å²) in [4.78, 5) is 13.4. The van der Waals surface area contributed by atoms with Crippen LogP contribution < -0.4 is 4.90 Å². The average Bonchev–Trinajstić information content (AvgIpc) is 2.22. The zero-order chi connectivity index (χ0) is 11.7. The minimum absolute atomic E-state index is 0.0230. The second kappa shape index (κ2) is 4.42. The Labute approximate surface area is 99.0 Å². The number of nitrogens with zero attached hydrogens (tertiary/aromatic N) is 1. The van der Waals surface area contributed by atoms with E-state index in [9.17, 15) is 9.18 Å². The molecular formula is C12H13ClFNO. The summed E-state index contributed by atoms with van der Waals surface area (Å²) in [5.41, 5.74) is 0.808. The Morgan fingerprint density at radius 2 is 2.25 bits per heavy atom. The second-order valence-corrected chi connectivity index (χ2v) is 4.57. The van der Waals surface area contributed by atoms with Crippen molar-refractivity contribution in [2.45, 2.75) is 13.3 Å². The first-order valence-electron chi connectivity index (χ1n) is 5.30. The van der Waals surface area contributed by atoms with Gasteiger partial charge in [-0.3, -0.25) is 4.79 Å². The normalized spacial score (nSPS) is 21.3. The molecule has 1 unspecified atom stereocenters. The minimum Gasteiger partial charge on any atom is -0.369 e. The highest BCUT2D eigenvalue weighted by Crippen LogP contribution is 2.29. The molecular weight excluding hydrogens is 229 g/mol. The number of ketones is 1. The third-order valence-corrected chi connectivity index (χ3v) is 3.23. The van der Waals surface area contributed by atoms with E-state index in [0.717, 1.165) is 5.69 Å². The van der Waals surface area contributed by atoms with Crippen molar-refractivity contribution in [3.63, 3.8) is 0 Å². The van der Waals surface area contributed by atoms with Gasteiger partial charge in [-0.25, -0.2) is 4.39 Å². The van der Waals surface area contributed by atoms with Gasteiger partial charge >= 0.3 is 0 Å². The van der Waals surface area contributed by atoms with Gasteiger partial charge in [-0.15, -0.1) is 0 Å². The number of piperidine rings is 1. The Bertz CT molecular complexity index is 421. The molecule has 1 aliphatic heterocycles. The van der Waals surface area contributed by atoms with Gasteiger partial charge in [0.1, 0.15) is 11.6 Å². The molecule has 0 bridgehead atoms. The molecule has 1 fully saturated rings. The summed E-state index contributed by atoms with van der Waals surface area (Å²) in [5, 5.41) is 0.404. The predicted octanol–water partition coefficient (Wildman–Crippen LogP) is 2.89. The number of carbonyl (C=O) groups is 1. The van der Waals surface area contributed by atoms with Crippen molar-refractivity contribution >= 4 is 23.1 Å². The van der Waals surface area contributed by atoms with Crippen LogP contribution in [0.3, 0.4) is 0 Å². The predicted molar refractivity (Wildman–Crippen MR) is 62.4 cm³/mol. The van der Waals surface area contributed by atoms with Gasteiger partial charge in [0.25, 0.3) is 0 Å². The van der Waals surface area contributed by atoms with Gasteiger partial charge in [-0.2, -0.15) is 0 Å². The molecule has 16 heavy (non-hydrogen) atoms. The molecule has 2 rings (SSSR count). The van der Waals surface area contributed by atoms with Crippen LogP contribution in [0.5, 0.6) is 0 Å². The molecule has 0 aliphatic carbocycles. The zero-order valence-electron chi connectivity index (χ0n) is 9.04. The van der Waals surface area contributed by atoms with Crippen LogP contribution in [-0.2, 0) is 4.79 Å². The molecule has 86 valence electrons. The Morgan fingerprint density at radius 3 is 2.88 bits per heavy atom. The van der Waals surface area contributed by atoms with Crippen molar-refractivity contribution in [1.82, 2.24) is 0 Å². The summed E-state index contributed by atoms with van der Waals surface area (Å²) in [7, 11) is 0. The minimum atomic E-state index is -0.338. The van der Waals surface area contributed by atoms with Crippen molar-refractivity contribution in [3.05, 3.63) is 29.0 Å². The first-order chi connectivity index (χ1) is 7.58. The Morgan fingerprint density at radius 1 is 1.50 bits per heavy atom. The topological polar surface area (TPSA) is 20.3 Å². The van der Waals surface area contributed by atoms with E-state index in [4.69, 9.17) is 11.6 Å². The largest absolute Gasteiger partial charge is 0.369 e. The lowest BCUT2D eigenvalue weighted by molar-refractivity contribution is -0.122. The molecule has 1 saturated heterocycles. The second-order valence-electron chi connectivity index (χ2n) is 4.16. The van der Waals surface area contributed by atoms with Crippen LogP contribution in [0.2, 0.25) is 5.02 Å². The van der Waals surface area contributed by atoms with Crippen LogP contribution >= 0.6 is 11.6 Å². The Balaban J connectivity index is 2.21. The fourth-order valence-corrected chi connectivity index (χ4v) is 2.26. The molecule has 0 radical (unpaired) electrons. The van der Waals surface area contributed by atoms with E-state index < -0.39 is 0 Å². The summed E-state index contributed by atoms with van der Waals surface area (Å²) < 4.78 is 12.9. The molecule has 0 saturated carbocycles. The van der Waals surface area contributed by atoms with Crippen LogP contribution in [0.4, 0.5) is 10.1 Å². The van der Waals surface area contributed by atoms with E-state index in [1.807, 2.05) is 11.8 Å². The lowest BCUT2D eigenvalue weighted by Crippen LogP contribution is -2.39. The third kappa shape index (κ3) is 2.19. The summed E-state index contributed by atoms with van der Waals surface area (Å²) in [6, 6.07) is 4.36. The smallest absolute Gasteiger partial charge is 0.139 e. The summed E-state index contributed by atoms with van der Waals surface area (Å²) >= 11 is 5.98. The third-order valence-electron chi connectivity index (χ3n) is 2.92. The molecule has 4 heteroatoms. The number of Topliss-reactive ketones (excluding diaryl/α,β-unsaturated/α-hetero) is 1. The van der Waals surface area contributed by atoms with Crippen molar-refractivity contribution in [2.75, 3.05) is 18.0 Å². The summed E-state index contributed by atoms with van der Waals surface area (Å²) in [5.74, 6) is -0.0285. The molecule has 0 aromatic heterocycles. The molecule has 0 amide bonds. The number of carbonyl (C=O) groups excluding carboxylic acids is 1. The fraction of sp³-hybridized carbons (Fsp3) is 0.417. The number of hydrogen-bond donors (Lipinski definition) is 0. The van der Waals surface area contributed by atoms with Gasteiger partial charge in [0, 0.05) is 25.4 Å². The van der Waals surface area contributed by atoms with Gasteiger partial charge in [0.2, 0.25) is 0 Å². The van der Waals surface area contributed by atoms with E-state index >= 15 is 0 Å². The zero-order valence-corrected chi connectivity index (χ0v) is 9.80. The monoisotopic (exact) mass is 241 g/mol. The van der Waals surface area contributed by atoms with Crippen LogP contribution in [0, 0.1) is 11.7 Å². The molecule has 0 spiro atoms. The van der Waals surface area contributed by atoms with Crippen molar-refractivity contribution in [2.24, 2.45) is 5.92 Å². The molecule has 1 aromatic rings. The highest BCUT2D eigenvalue weighted by atomic mass is 35.5. The lowest BCUT2D eigenvalue weighted by atomic mass is 9.98. The molecule has 1 aromatic carbocycles. The number of halogens is 2. The number of benzene rings is 1. The maximum Gasteiger partial charge on any atom is 0.139 e. The first kappa shape index (κ1) is 11.4. The molecule has 1 atom stereocenters. The van der Waals surface area contributed by atoms with Crippen LogP contribution in [0.25, 0.3) is 0 Å². The summed E-state index contributed by atoms with van der Waals surface area (Å²) in [6.45, 7) is 3.23. The van der Waals surface area contributed by atoms with Gasteiger partial charge in [0.05, 0.1) is 10.7 Å². The average molecular weight is 242 g/mol. The molecule has 0 N–H and O–H groups in total. The maximum absolute atomic E-state index is 12.9. The van der Waals surface area contributed by atoms with E-state index in [1.54, 1.807) is 6.07 Å². The molecule has 2 nitrogen and oxygen atoms in total. The first-order valence-corrected chi connectivity index (χ1v) is 5.68. The SMILES string of the molecule is CC1CN(c2ccc(F)cc2Cl)CCC1=O. The standard InChI is InChI=1S/C12H13ClFNO/c1-8-7-15(5-4-12(8)16)11-3-2-9(14)6-10(11)13/h2-3,6,8H,4-5,7H2,1H3. The highest BCUT2D eigenvalue weighted by molar-refractivity contribution is 6.33. The van der Waals surface area contributed by atoms with Gasteiger partial charge in [0.15, 0.2) is 0 Å². The molecule has 1 heterocycles. The molecule has 1 aliphatic rings. The maximum atomic E-state index is 12.9. The lowest BCUT2D eigenvalue weighted by Gasteiger charge is -2.32. The number of hydrogen-bond acceptors (Lipinski definition) is 2. The van der Waals surface area contributed by atoms with Crippen molar-refractivity contribution in [3.8, 4) is 0 Å². The van der Waals surface area contributed by atoms with E-state index in [-0.39, 0.29) is 17.5 Å². The van der Waals surface area contributed by atoms with Crippen molar-refractivity contribution in [1.29, 1.82) is 0 Å². The summed E-state index contributed by atoms with van der Waals surface area (Å²) in [6.07, 6.45) is 0.537. The van der Waals surface area contributed by atoms with Gasteiger partial charge < -0.3 is 4.90 Å². The fourth-order valence-electron chi connectivity index (χ4n) is 1.97. The number of rotatable bonds is 1. The number of anilines is 1. The van der Waals surface area contributed by atoms with E-state index in [0.29, 0.717) is 24.5 Å². The Kier molecular flexibility index (Phi) is 3.15. The van der Waals surface area contributed by atoms with Gasteiger partial charge in [-0.1, -0.05) is 18.5 Å². The van der Waals surface area contributed by atoms with E-state index in [2.05, 4.69) is 0 Å². The van der Waals surface area contributed by atoms with Crippen LogP contribution in [-0.4, -0.2) is 18.9 Å². The quantitative estimate of drug-likeness (QED) is 0.754. The highest BCUT2D eigenvalue weighted by Gasteiger charge is 2.24.